The molecule has 8 heteroatoms. The topological polar surface area (TPSA) is 79.1 Å². The lowest BCUT2D eigenvalue weighted by atomic mass is 10.2. The molecule has 2 saturated heterocycles. The van der Waals surface area contributed by atoms with Gasteiger partial charge < -0.3 is 10.5 Å². The van der Waals surface area contributed by atoms with Gasteiger partial charge in [-0.2, -0.15) is 17.0 Å². The monoisotopic (exact) mass is 292 g/mol. The zero-order valence-corrected chi connectivity index (χ0v) is 12.3. The van der Waals surface area contributed by atoms with E-state index < -0.39 is 10.2 Å². The van der Waals surface area contributed by atoms with Crippen LogP contribution < -0.4 is 5.73 Å². The van der Waals surface area contributed by atoms with Crippen molar-refractivity contribution in [1.82, 2.24) is 13.5 Å². The highest BCUT2D eigenvalue weighted by Crippen LogP contribution is 2.14. The second-order valence-corrected chi connectivity index (χ2v) is 6.97. The minimum absolute atomic E-state index is 0.313. The first kappa shape index (κ1) is 15.1. The number of nitrogens with zero attached hydrogens (tertiary/aromatic N) is 3. The Morgan fingerprint density at radius 1 is 1.05 bits per heavy atom. The van der Waals surface area contributed by atoms with Crippen LogP contribution in [-0.4, -0.2) is 87.0 Å². The highest BCUT2D eigenvalue weighted by atomic mass is 32.2. The maximum Gasteiger partial charge on any atom is 0.282 e. The van der Waals surface area contributed by atoms with Crippen molar-refractivity contribution in [3.63, 3.8) is 0 Å². The summed E-state index contributed by atoms with van der Waals surface area (Å²) in [5, 5.41) is 0. The molecule has 2 heterocycles. The van der Waals surface area contributed by atoms with E-state index in [-0.39, 0.29) is 0 Å². The number of piperazine rings is 1. The highest BCUT2D eigenvalue weighted by molar-refractivity contribution is 7.86. The predicted molar refractivity (Wildman–Crippen MR) is 73.0 cm³/mol. The molecule has 2 rings (SSSR count). The van der Waals surface area contributed by atoms with E-state index in [2.05, 4.69) is 11.8 Å². The first-order valence-corrected chi connectivity index (χ1v) is 8.22. The van der Waals surface area contributed by atoms with Gasteiger partial charge in [0.1, 0.15) is 0 Å². The van der Waals surface area contributed by atoms with Crippen molar-refractivity contribution in [2.75, 3.05) is 59.0 Å². The van der Waals surface area contributed by atoms with Crippen LogP contribution in [0, 0.1) is 0 Å². The smallest absolute Gasteiger partial charge is 0.282 e. The fourth-order valence-electron chi connectivity index (χ4n) is 2.46. The van der Waals surface area contributed by atoms with Crippen molar-refractivity contribution in [2.24, 2.45) is 5.73 Å². The van der Waals surface area contributed by atoms with Gasteiger partial charge in [0, 0.05) is 51.9 Å². The van der Waals surface area contributed by atoms with Gasteiger partial charge in [-0.1, -0.05) is 0 Å². The molecular weight excluding hydrogens is 268 g/mol. The molecule has 2 fully saturated rings. The molecule has 0 aromatic heterocycles. The number of hydrogen-bond donors (Lipinski definition) is 1. The summed E-state index contributed by atoms with van der Waals surface area (Å²) in [6.07, 6.45) is 0. The molecule has 1 unspecified atom stereocenters. The van der Waals surface area contributed by atoms with E-state index in [4.69, 9.17) is 10.5 Å². The van der Waals surface area contributed by atoms with Crippen molar-refractivity contribution in [2.45, 2.75) is 13.0 Å². The van der Waals surface area contributed by atoms with Crippen molar-refractivity contribution in [3.8, 4) is 0 Å². The lowest BCUT2D eigenvalue weighted by molar-refractivity contribution is 0.0677. The Balaban J connectivity index is 1.92. The largest absolute Gasteiger partial charge is 0.379 e. The molecular formula is C11H24N4O3S. The van der Waals surface area contributed by atoms with Crippen LogP contribution in [-0.2, 0) is 14.9 Å². The normalized spacial score (nSPS) is 26.4. The maximum absolute atomic E-state index is 12.4. The van der Waals surface area contributed by atoms with Crippen LogP contribution in [0.15, 0.2) is 0 Å². The first-order valence-electron chi connectivity index (χ1n) is 6.83. The van der Waals surface area contributed by atoms with Gasteiger partial charge in [0.2, 0.25) is 0 Å². The first-order chi connectivity index (χ1) is 9.05. The van der Waals surface area contributed by atoms with E-state index >= 15 is 0 Å². The zero-order chi connectivity index (χ0) is 13.9. The average molecular weight is 292 g/mol. The van der Waals surface area contributed by atoms with Crippen LogP contribution >= 0.6 is 0 Å². The molecule has 0 aromatic carbocycles. The van der Waals surface area contributed by atoms with Gasteiger partial charge in [0.05, 0.1) is 13.2 Å². The minimum atomic E-state index is -3.31. The number of nitrogens with two attached hydrogens (primary N) is 1. The van der Waals surface area contributed by atoms with E-state index in [0.29, 0.717) is 52.0 Å². The van der Waals surface area contributed by atoms with E-state index in [0.717, 1.165) is 13.1 Å². The Kier molecular flexibility index (Phi) is 5.15. The minimum Gasteiger partial charge on any atom is -0.379 e. The number of rotatable bonds is 4. The molecule has 0 spiro atoms. The molecule has 2 aliphatic heterocycles. The molecule has 2 aliphatic rings. The number of hydrogen-bond acceptors (Lipinski definition) is 5. The van der Waals surface area contributed by atoms with E-state index in [9.17, 15) is 8.42 Å². The summed E-state index contributed by atoms with van der Waals surface area (Å²) in [7, 11) is -3.31. The summed E-state index contributed by atoms with van der Waals surface area (Å²) in [6, 6.07) is 0.313. The molecule has 7 nitrogen and oxygen atoms in total. The van der Waals surface area contributed by atoms with Crippen molar-refractivity contribution < 1.29 is 13.2 Å². The second kappa shape index (κ2) is 6.47. The third-order valence-corrected chi connectivity index (χ3v) is 5.90. The molecule has 2 N–H and O–H groups in total. The Labute approximate surface area is 115 Å². The molecule has 0 aromatic rings. The number of ether oxygens (including phenoxy) is 1. The summed E-state index contributed by atoms with van der Waals surface area (Å²) in [4.78, 5) is 2.24. The van der Waals surface area contributed by atoms with Gasteiger partial charge in [0.15, 0.2) is 0 Å². The highest BCUT2D eigenvalue weighted by Gasteiger charge is 2.33. The Bertz CT molecular complexity index is 375. The van der Waals surface area contributed by atoms with Crippen molar-refractivity contribution in [3.05, 3.63) is 0 Å². The second-order valence-electron chi connectivity index (χ2n) is 5.04. The quantitative estimate of drug-likeness (QED) is 0.684. The van der Waals surface area contributed by atoms with Gasteiger partial charge in [-0.05, 0) is 6.92 Å². The third-order valence-electron chi connectivity index (χ3n) is 3.86. The summed E-state index contributed by atoms with van der Waals surface area (Å²) < 4.78 is 33.2. The fourth-order valence-corrected chi connectivity index (χ4v) is 4.03. The molecule has 0 saturated carbocycles. The summed E-state index contributed by atoms with van der Waals surface area (Å²) in [6.45, 7) is 7.18. The van der Waals surface area contributed by atoms with Crippen LogP contribution in [0.3, 0.4) is 0 Å². The summed E-state index contributed by atoms with van der Waals surface area (Å²) in [5.41, 5.74) is 5.64. The average Bonchev–Trinajstić information content (AvgIpc) is 2.47. The summed E-state index contributed by atoms with van der Waals surface area (Å²) in [5.74, 6) is 0. The fraction of sp³-hybridized carbons (Fsp3) is 1.00. The molecule has 0 amide bonds. The molecule has 0 aliphatic carbocycles. The molecule has 0 bridgehead atoms. The molecule has 0 radical (unpaired) electrons. The van der Waals surface area contributed by atoms with Gasteiger partial charge in [-0.25, -0.2) is 0 Å². The zero-order valence-electron chi connectivity index (χ0n) is 11.5. The van der Waals surface area contributed by atoms with Crippen LogP contribution in [0.4, 0.5) is 0 Å². The van der Waals surface area contributed by atoms with Crippen LogP contribution in [0.5, 0.6) is 0 Å². The lowest BCUT2D eigenvalue weighted by Crippen LogP contribution is -2.56. The van der Waals surface area contributed by atoms with E-state index in [1.165, 1.54) is 4.31 Å². The van der Waals surface area contributed by atoms with Gasteiger partial charge in [-0.15, -0.1) is 0 Å². The SMILES string of the molecule is CC(CN)N1CCN(S(=O)(=O)N2CCOCC2)CC1. The van der Waals surface area contributed by atoms with Gasteiger partial charge in [0.25, 0.3) is 10.2 Å². The van der Waals surface area contributed by atoms with Crippen LogP contribution in [0.2, 0.25) is 0 Å². The predicted octanol–water partition coefficient (Wildman–Crippen LogP) is -1.47. The molecule has 19 heavy (non-hydrogen) atoms. The lowest BCUT2D eigenvalue weighted by Gasteiger charge is -2.39. The van der Waals surface area contributed by atoms with Crippen LogP contribution in [0.25, 0.3) is 0 Å². The maximum atomic E-state index is 12.4. The number of morpholine rings is 1. The standard InChI is InChI=1S/C11H24N4O3S/c1-11(10-12)13-2-4-14(5-3-13)19(16,17)15-6-8-18-9-7-15/h11H,2-10,12H2,1H3. The Hall–Kier alpha value is -0.250. The Morgan fingerprint density at radius 2 is 1.58 bits per heavy atom. The van der Waals surface area contributed by atoms with E-state index in [1.54, 1.807) is 4.31 Å². The Morgan fingerprint density at radius 3 is 2.11 bits per heavy atom. The molecule has 1 atom stereocenters. The van der Waals surface area contributed by atoms with Gasteiger partial charge in [-0.3, -0.25) is 4.90 Å². The van der Waals surface area contributed by atoms with Crippen LogP contribution in [0.1, 0.15) is 6.92 Å². The molecule has 112 valence electrons. The van der Waals surface area contributed by atoms with Gasteiger partial charge >= 0.3 is 0 Å². The van der Waals surface area contributed by atoms with E-state index in [1.807, 2.05) is 0 Å². The van der Waals surface area contributed by atoms with Crippen molar-refractivity contribution in [1.29, 1.82) is 0 Å². The van der Waals surface area contributed by atoms with Crippen molar-refractivity contribution >= 4 is 10.2 Å². The third kappa shape index (κ3) is 3.45. The summed E-state index contributed by atoms with van der Waals surface area (Å²) >= 11 is 0.